The molecular weight excluding hydrogens is 334 g/mol. The highest BCUT2D eigenvalue weighted by Gasteiger charge is 2.23. The fraction of sp³-hybridized carbons (Fsp3) is 0.650. The van der Waals surface area contributed by atoms with Gasteiger partial charge in [0, 0.05) is 12.1 Å². The smallest absolute Gasteiger partial charge is 0.340 e. The SMILES string of the molecule is CCOC(=O)c1c(C)[nH]c(C(=O)COC(=O)CCC2CCCCC2)c1C. The van der Waals surface area contributed by atoms with Crippen molar-refractivity contribution in [2.45, 2.75) is 65.7 Å². The molecule has 6 nitrogen and oxygen atoms in total. The van der Waals surface area contributed by atoms with Crippen LogP contribution in [0.25, 0.3) is 0 Å². The first-order valence-corrected chi connectivity index (χ1v) is 9.49. The molecule has 0 saturated heterocycles. The molecule has 0 aromatic carbocycles. The molecule has 1 N–H and O–H groups in total. The second kappa shape index (κ2) is 9.55. The lowest BCUT2D eigenvalue weighted by atomic mass is 9.86. The zero-order chi connectivity index (χ0) is 19.1. The molecule has 0 unspecified atom stereocenters. The molecule has 144 valence electrons. The normalized spacial score (nSPS) is 14.9. The van der Waals surface area contributed by atoms with Crippen molar-refractivity contribution in [2.75, 3.05) is 13.2 Å². The minimum Gasteiger partial charge on any atom is -0.462 e. The fourth-order valence-electron chi connectivity index (χ4n) is 3.63. The van der Waals surface area contributed by atoms with Crippen LogP contribution in [-0.4, -0.2) is 35.9 Å². The summed E-state index contributed by atoms with van der Waals surface area (Å²) >= 11 is 0. The minimum absolute atomic E-state index is 0.269. The van der Waals surface area contributed by atoms with E-state index in [4.69, 9.17) is 9.47 Å². The third-order valence-electron chi connectivity index (χ3n) is 5.04. The molecule has 0 radical (unpaired) electrons. The van der Waals surface area contributed by atoms with E-state index in [9.17, 15) is 14.4 Å². The van der Waals surface area contributed by atoms with Gasteiger partial charge in [0.25, 0.3) is 0 Å². The Kier molecular flexibility index (Phi) is 7.42. The fourth-order valence-corrected chi connectivity index (χ4v) is 3.63. The van der Waals surface area contributed by atoms with Crippen molar-refractivity contribution in [1.82, 2.24) is 4.98 Å². The summed E-state index contributed by atoms with van der Waals surface area (Å²) in [6, 6.07) is 0. The third kappa shape index (κ3) is 5.19. The second-order valence-corrected chi connectivity index (χ2v) is 6.97. The van der Waals surface area contributed by atoms with Crippen molar-refractivity contribution in [3.8, 4) is 0 Å². The van der Waals surface area contributed by atoms with Crippen LogP contribution in [0.5, 0.6) is 0 Å². The molecule has 1 heterocycles. The van der Waals surface area contributed by atoms with Gasteiger partial charge in [0.1, 0.15) is 0 Å². The number of Topliss-reactive ketones (excluding diaryl/α,β-unsaturated/α-hetero) is 1. The number of carbonyl (C=O) groups excluding carboxylic acids is 3. The highest BCUT2D eigenvalue weighted by molar-refractivity contribution is 6.02. The summed E-state index contributed by atoms with van der Waals surface area (Å²) < 4.78 is 10.2. The Morgan fingerprint density at radius 1 is 1.08 bits per heavy atom. The van der Waals surface area contributed by atoms with Crippen LogP contribution in [0.2, 0.25) is 0 Å². The number of ketones is 1. The van der Waals surface area contributed by atoms with Crippen LogP contribution in [0, 0.1) is 19.8 Å². The topological polar surface area (TPSA) is 85.5 Å². The maximum Gasteiger partial charge on any atom is 0.340 e. The van der Waals surface area contributed by atoms with Crippen LogP contribution in [0.3, 0.4) is 0 Å². The quantitative estimate of drug-likeness (QED) is 0.559. The molecule has 1 aliphatic carbocycles. The number of hydrogen-bond donors (Lipinski definition) is 1. The van der Waals surface area contributed by atoms with Crippen molar-refractivity contribution in [3.63, 3.8) is 0 Å². The van der Waals surface area contributed by atoms with Gasteiger partial charge in [-0.15, -0.1) is 0 Å². The molecule has 6 heteroatoms. The third-order valence-corrected chi connectivity index (χ3v) is 5.04. The maximum atomic E-state index is 12.4. The Morgan fingerprint density at radius 2 is 1.77 bits per heavy atom. The Bertz CT molecular complexity index is 655. The van der Waals surface area contributed by atoms with Crippen LogP contribution < -0.4 is 0 Å². The summed E-state index contributed by atoms with van der Waals surface area (Å²) in [5.41, 5.74) is 1.78. The molecule has 1 aromatic heterocycles. The number of H-pyrrole nitrogens is 1. The molecule has 1 fully saturated rings. The lowest BCUT2D eigenvalue weighted by molar-refractivity contribution is -0.142. The number of aromatic nitrogens is 1. The number of hydrogen-bond acceptors (Lipinski definition) is 5. The van der Waals surface area contributed by atoms with E-state index in [0.717, 1.165) is 6.42 Å². The van der Waals surface area contributed by atoms with Crippen molar-refractivity contribution in [3.05, 3.63) is 22.5 Å². The van der Waals surface area contributed by atoms with Gasteiger partial charge in [-0.1, -0.05) is 32.1 Å². The van der Waals surface area contributed by atoms with Crippen molar-refractivity contribution < 1.29 is 23.9 Å². The molecule has 0 aliphatic heterocycles. The molecule has 2 rings (SSSR count). The molecule has 1 saturated carbocycles. The first-order valence-electron chi connectivity index (χ1n) is 9.49. The Labute approximate surface area is 154 Å². The van der Waals surface area contributed by atoms with Crippen LogP contribution >= 0.6 is 0 Å². The van der Waals surface area contributed by atoms with E-state index in [2.05, 4.69) is 4.98 Å². The van der Waals surface area contributed by atoms with Crippen molar-refractivity contribution in [1.29, 1.82) is 0 Å². The highest BCUT2D eigenvalue weighted by Crippen LogP contribution is 2.27. The second-order valence-electron chi connectivity index (χ2n) is 6.97. The van der Waals surface area contributed by atoms with Crippen LogP contribution in [0.1, 0.15) is 84.0 Å². The zero-order valence-electron chi connectivity index (χ0n) is 16.0. The number of esters is 2. The minimum atomic E-state index is -0.456. The first kappa shape index (κ1) is 20.2. The molecule has 1 aromatic rings. The lowest BCUT2D eigenvalue weighted by Crippen LogP contribution is -2.16. The van der Waals surface area contributed by atoms with Gasteiger partial charge in [-0.3, -0.25) is 9.59 Å². The van der Waals surface area contributed by atoms with Crippen LogP contribution in [-0.2, 0) is 14.3 Å². The number of rotatable bonds is 8. The van der Waals surface area contributed by atoms with Crippen molar-refractivity contribution >= 4 is 17.7 Å². The zero-order valence-corrected chi connectivity index (χ0v) is 16.0. The van der Waals surface area contributed by atoms with Gasteiger partial charge in [-0.05, 0) is 38.7 Å². The van der Waals surface area contributed by atoms with Gasteiger partial charge in [0.2, 0.25) is 5.78 Å². The van der Waals surface area contributed by atoms with E-state index < -0.39 is 5.97 Å². The molecule has 1 aliphatic rings. The Morgan fingerprint density at radius 3 is 2.42 bits per heavy atom. The molecular formula is C20H29NO5. The van der Waals surface area contributed by atoms with Crippen molar-refractivity contribution in [2.24, 2.45) is 5.92 Å². The average molecular weight is 363 g/mol. The number of carbonyl (C=O) groups is 3. The summed E-state index contributed by atoms with van der Waals surface area (Å²) in [6.07, 6.45) is 7.33. The Balaban J connectivity index is 1.86. The number of aromatic amines is 1. The van der Waals surface area contributed by atoms with E-state index in [1.807, 2.05) is 0 Å². The monoisotopic (exact) mass is 363 g/mol. The summed E-state index contributed by atoms with van der Waals surface area (Å²) in [4.78, 5) is 39.2. The Hall–Kier alpha value is -2.11. The number of ether oxygens (including phenoxy) is 2. The predicted molar refractivity (Wildman–Crippen MR) is 97.3 cm³/mol. The van der Waals surface area contributed by atoms with E-state index in [0.29, 0.717) is 34.9 Å². The molecule has 26 heavy (non-hydrogen) atoms. The summed E-state index contributed by atoms with van der Waals surface area (Å²) in [6.45, 7) is 5.09. The van der Waals surface area contributed by atoms with Crippen LogP contribution in [0.15, 0.2) is 0 Å². The average Bonchev–Trinajstić information content (AvgIpc) is 2.93. The van der Waals surface area contributed by atoms with Gasteiger partial charge in [0.05, 0.1) is 17.9 Å². The van der Waals surface area contributed by atoms with Gasteiger partial charge < -0.3 is 14.5 Å². The lowest BCUT2D eigenvalue weighted by Gasteiger charge is -2.20. The summed E-state index contributed by atoms with van der Waals surface area (Å²) in [5, 5.41) is 0. The first-order chi connectivity index (χ1) is 12.4. The molecule has 0 bridgehead atoms. The predicted octanol–water partition coefficient (Wildman–Crippen LogP) is 3.89. The standard InChI is InChI=1S/C20H29NO5/c1-4-25-20(24)18-13(2)19(21-14(18)3)16(22)12-26-17(23)11-10-15-8-6-5-7-9-15/h15,21H,4-12H2,1-3H3. The van der Waals surface area contributed by atoms with E-state index >= 15 is 0 Å². The van der Waals surface area contributed by atoms with Gasteiger partial charge >= 0.3 is 11.9 Å². The maximum absolute atomic E-state index is 12.4. The number of aryl methyl sites for hydroxylation is 1. The van der Waals surface area contributed by atoms with E-state index in [1.54, 1.807) is 20.8 Å². The molecule has 0 atom stereocenters. The summed E-state index contributed by atoms with van der Waals surface area (Å²) in [7, 11) is 0. The molecule has 0 spiro atoms. The largest absolute Gasteiger partial charge is 0.462 e. The van der Waals surface area contributed by atoms with Gasteiger partial charge in [-0.25, -0.2) is 4.79 Å². The van der Waals surface area contributed by atoms with Gasteiger partial charge in [0.15, 0.2) is 6.61 Å². The number of nitrogens with one attached hydrogen (secondary N) is 1. The molecule has 0 amide bonds. The highest BCUT2D eigenvalue weighted by atomic mass is 16.5. The summed E-state index contributed by atoms with van der Waals surface area (Å²) in [5.74, 6) is -0.530. The van der Waals surface area contributed by atoms with E-state index in [1.165, 1.54) is 32.1 Å². The van der Waals surface area contributed by atoms with Crippen LogP contribution in [0.4, 0.5) is 0 Å². The van der Waals surface area contributed by atoms with E-state index in [-0.39, 0.29) is 25.0 Å². The van der Waals surface area contributed by atoms with Gasteiger partial charge in [-0.2, -0.15) is 0 Å².